The third-order valence-electron chi connectivity index (χ3n) is 6.56. The highest BCUT2D eigenvalue weighted by Crippen LogP contribution is 2.22. The lowest BCUT2D eigenvalue weighted by molar-refractivity contribution is 0.0723. The van der Waals surface area contributed by atoms with E-state index >= 15 is 0 Å². The van der Waals surface area contributed by atoms with Crippen molar-refractivity contribution in [3.8, 4) is 0 Å². The van der Waals surface area contributed by atoms with Gasteiger partial charge in [-0.25, -0.2) is 0 Å². The second kappa shape index (κ2) is 9.79. The Hall–Kier alpha value is -3.49. The molecular weight excluding hydrogens is 432 g/mol. The number of carbonyl (C=O) groups excluding carboxylic acids is 2. The molecule has 3 aromatic rings. The summed E-state index contributed by atoms with van der Waals surface area (Å²) in [5.74, 6) is -0.420. The predicted molar refractivity (Wildman–Crippen MR) is 125 cm³/mol. The quantitative estimate of drug-likeness (QED) is 0.560. The monoisotopic (exact) mass is 460 g/mol. The van der Waals surface area contributed by atoms with Crippen LogP contribution < -0.4 is 5.32 Å². The number of carbonyl (C=O) groups is 2. The lowest BCUT2D eigenvalue weighted by Gasteiger charge is -2.30. The van der Waals surface area contributed by atoms with E-state index in [4.69, 9.17) is 4.52 Å². The largest absolute Gasteiger partial charge is 0.390 e. The van der Waals surface area contributed by atoms with Crippen molar-refractivity contribution in [2.75, 3.05) is 26.2 Å². The predicted octanol–water partition coefficient (Wildman–Crippen LogP) is 2.02. The molecule has 0 radical (unpaired) electrons. The van der Waals surface area contributed by atoms with Crippen LogP contribution in [0.2, 0.25) is 0 Å². The van der Waals surface area contributed by atoms with Crippen LogP contribution in [0, 0.1) is 0 Å². The maximum absolute atomic E-state index is 13.0. The van der Waals surface area contributed by atoms with Crippen molar-refractivity contribution in [2.24, 2.45) is 0 Å². The Labute approximate surface area is 198 Å². The molecule has 2 amide bonds. The van der Waals surface area contributed by atoms with Gasteiger partial charge in [-0.15, -0.1) is 0 Å². The number of aliphatic hydroxyl groups excluding tert-OH is 1. The normalized spacial score (nSPS) is 16.6. The molecule has 5 rings (SSSR count). The lowest BCUT2D eigenvalue weighted by atomic mass is 9.96. The molecule has 0 fully saturated rings. The van der Waals surface area contributed by atoms with Crippen LogP contribution in [-0.4, -0.2) is 64.2 Å². The summed E-state index contributed by atoms with van der Waals surface area (Å²) in [7, 11) is 0. The first-order valence-corrected chi connectivity index (χ1v) is 11.6. The summed E-state index contributed by atoms with van der Waals surface area (Å²) >= 11 is 0. The molecule has 8 heteroatoms. The van der Waals surface area contributed by atoms with Gasteiger partial charge in [0, 0.05) is 49.9 Å². The van der Waals surface area contributed by atoms with E-state index < -0.39 is 6.10 Å². The summed E-state index contributed by atoms with van der Waals surface area (Å²) in [4.78, 5) is 29.7. The zero-order chi connectivity index (χ0) is 23.5. The molecular formula is C26H28N4O4. The Kier molecular flexibility index (Phi) is 6.42. The topological polar surface area (TPSA) is 98.9 Å². The smallest absolute Gasteiger partial charge is 0.254 e. The number of aromatic nitrogens is 1. The van der Waals surface area contributed by atoms with E-state index in [0.29, 0.717) is 36.5 Å². The van der Waals surface area contributed by atoms with E-state index in [1.807, 2.05) is 12.1 Å². The molecule has 1 aromatic heterocycles. The van der Waals surface area contributed by atoms with E-state index in [9.17, 15) is 14.7 Å². The molecule has 0 spiro atoms. The summed E-state index contributed by atoms with van der Waals surface area (Å²) in [6.45, 7) is 3.31. The van der Waals surface area contributed by atoms with Crippen LogP contribution in [0.1, 0.15) is 43.1 Å². The minimum Gasteiger partial charge on any atom is -0.390 e. The summed E-state index contributed by atoms with van der Waals surface area (Å²) in [6.07, 6.45) is 2.50. The Morgan fingerprint density at radius 3 is 2.74 bits per heavy atom. The van der Waals surface area contributed by atoms with E-state index in [1.54, 1.807) is 23.1 Å². The molecule has 0 bridgehead atoms. The number of benzene rings is 2. The maximum atomic E-state index is 13.0. The number of amides is 2. The molecule has 3 heterocycles. The fourth-order valence-electron chi connectivity index (χ4n) is 4.71. The van der Waals surface area contributed by atoms with Gasteiger partial charge < -0.3 is 19.8 Å². The molecule has 2 aromatic carbocycles. The maximum Gasteiger partial charge on any atom is 0.254 e. The molecule has 2 N–H and O–H groups in total. The molecule has 0 saturated heterocycles. The van der Waals surface area contributed by atoms with Crippen molar-refractivity contribution in [3.63, 3.8) is 0 Å². The minimum absolute atomic E-state index is 0.121. The first-order valence-electron chi connectivity index (χ1n) is 11.6. The van der Waals surface area contributed by atoms with Crippen molar-refractivity contribution in [2.45, 2.75) is 32.0 Å². The second-order valence-corrected chi connectivity index (χ2v) is 8.96. The molecule has 1 atom stereocenters. The molecule has 0 aliphatic carbocycles. The van der Waals surface area contributed by atoms with Gasteiger partial charge in [0.05, 0.1) is 12.6 Å². The number of nitrogens with zero attached hydrogens (tertiary/aromatic N) is 3. The van der Waals surface area contributed by atoms with Crippen LogP contribution in [0.4, 0.5) is 0 Å². The first-order chi connectivity index (χ1) is 16.6. The molecule has 0 unspecified atom stereocenters. The molecule has 34 heavy (non-hydrogen) atoms. The summed E-state index contributed by atoms with van der Waals surface area (Å²) in [6, 6.07) is 15.3. The average molecular weight is 461 g/mol. The van der Waals surface area contributed by atoms with Gasteiger partial charge in [-0.05, 0) is 41.7 Å². The minimum atomic E-state index is -0.675. The van der Waals surface area contributed by atoms with Crippen molar-refractivity contribution < 1.29 is 19.2 Å². The fourth-order valence-corrected chi connectivity index (χ4v) is 4.71. The van der Waals surface area contributed by atoms with Crippen LogP contribution in [-0.2, 0) is 25.9 Å². The fraction of sp³-hybridized carbons (Fsp3) is 0.346. The highest BCUT2D eigenvalue weighted by molar-refractivity contribution is 6.01. The van der Waals surface area contributed by atoms with E-state index in [-0.39, 0.29) is 18.4 Å². The van der Waals surface area contributed by atoms with E-state index in [0.717, 1.165) is 31.5 Å². The van der Waals surface area contributed by atoms with E-state index in [2.05, 4.69) is 33.6 Å². The molecule has 2 aliphatic heterocycles. The van der Waals surface area contributed by atoms with Gasteiger partial charge in [0.2, 0.25) is 0 Å². The van der Waals surface area contributed by atoms with Crippen LogP contribution >= 0.6 is 0 Å². The highest BCUT2D eigenvalue weighted by Gasteiger charge is 2.26. The lowest BCUT2D eigenvalue weighted by Crippen LogP contribution is -2.42. The molecule has 8 nitrogen and oxygen atoms in total. The standard InChI is InChI=1S/C26H28N4O4/c31-23(17-29-10-7-18-3-1-2-4-21(18)15-29)14-27-25(32)20-6-5-19-8-11-30(26(33)24(19)13-20)16-22-9-12-34-28-22/h1-6,9,12-13,23,31H,7-8,10-11,14-17H2,(H,27,32)/t23-/m0/s1. The van der Waals surface area contributed by atoms with E-state index in [1.165, 1.54) is 17.4 Å². The Morgan fingerprint density at radius 1 is 1.09 bits per heavy atom. The number of hydrogen-bond donors (Lipinski definition) is 2. The van der Waals surface area contributed by atoms with Crippen LogP contribution in [0.5, 0.6) is 0 Å². The van der Waals surface area contributed by atoms with Gasteiger partial charge in [0.1, 0.15) is 12.0 Å². The average Bonchev–Trinajstić information content (AvgIpc) is 3.37. The Morgan fingerprint density at radius 2 is 1.91 bits per heavy atom. The van der Waals surface area contributed by atoms with Gasteiger partial charge >= 0.3 is 0 Å². The molecule has 0 saturated carbocycles. The van der Waals surface area contributed by atoms with Crippen molar-refractivity contribution >= 4 is 11.8 Å². The van der Waals surface area contributed by atoms with Gasteiger partial charge in [0.25, 0.3) is 11.8 Å². The van der Waals surface area contributed by atoms with Crippen molar-refractivity contribution in [1.82, 2.24) is 20.3 Å². The third-order valence-corrected chi connectivity index (χ3v) is 6.56. The van der Waals surface area contributed by atoms with Crippen LogP contribution in [0.3, 0.4) is 0 Å². The number of aliphatic hydroxyl groups is 1. The summed E-state index contributed by atoms with van der Waals surface area (Å²) < 4.78 is 4.86. The number of fused-ring (bicyclic) bond motifs is 2. The van der Waals surface area contributed by atoms with Gasteiger partial charge in [-0.3, -0.25) is 14.5 Å². The van der Waals surface area contributed by atoms with Gasteiger partial charge in [-0.1, -0.05) is 35.5 Å². The zero-order valence-corrected chi connectivity index (χ0v) is 18.9. The number of nitrogens with one attached hydrogen (secondary N) is 1. The van der Waals surface area contributed by atoms with Gasteiger partial charge in [-0.2, -0.15) is 0 Å². The molecule has 2 aliphatic rings. The Balaban J connectivity index is 1.16. The second-order valence-electron chi connectivity index (χ2n) is 8.96. The van der Waals surface area contributed by atoms with Gasteiger partial charge in [0.15, 0.2) is 0 Å². The highest BCUT2D eigenvalue weighted by atomic mass is 16.5. The SMILES string of the molecule is O=C(NC[C@H](O)CN1CCc2ccccc2C1)c1ccc2c(c1)C(=O)N(Cc1ccon1)CC2. The number of hydrogen-bond acceptors (Lipinski definition) is 6. The number of β-amino-alcohol motifs (C(OH)–C–C–N with tert-alkyl or cyclic N) is 1. The van der Waals surface area contributed by atoms with Crippen LogP contribution in [0.25, 0.3) is 0 Å². The van der Waals surface area contributed by atoms with Crippen LogP contribution in [0.15, 0.2) is 59.3 Å². The Bertz CT molecular complexity index is 1180. The molecule has 176 valence electrons. The first kappa shape index (κ1) is 22.3. The van der Waals surface area contributed by atoms with Crippen molar-refractivity contribution in [3.05, 3.63) is 88.3 Å². The summed E-state index contributed by atoms with van der Waals surface area (Å²) in [5, 5.41) is 17.2. The summed E-state index contributed by atoms with van der Waals surface area (Å²) in [5.41, 5.74) is 5.23. The zero-order valence-electron chi connectivity index (χ0n) is 18.9. The third kappa shape index (κ3) is 4.88. The van der Waals surface area contributed by atoms with Crippen molar-refractivity contribution in [1.29, 1.82) is 0 Å². The number of rotatable bonds is 7.